The zero-order valence-corrected chi connectivity index (χ0v) is 12.4. The molecule has 0 amide bonds. The van der Waals surface area contributed by atoms with Crippen LogP contribution in [0.5, 0.6) is 0 Å². The van der Waals surface area contributed by atoms with E-state index >= 15 is 0 Å². The molecule has 1 N–H and O–H groups in total. The van der Waals surface area contributed by atoms with Crippen LogP contribution in [0, 0.1) is 5.92 Å². The molecule has 2 heterocycles. The summed E-state index contributed by atoms with van der Waals surface area (Å²) in [5, 5.41) is 10.8. The molecule has 1 saturated heterocycles. The number of carboxylic acids is 1. The number of aliphatic carboxylic acids is 1. The van der Waals surface area contributed by atoms with Gasteiger partial charge in [0.15, 0.2) is 4.21 Å². The van der Waals surface area contributed by atoms with Crippen LogP contribution in [-0.4, -0.2) is 43.0 Å². The van der Waals surface area contributed by atoms with Gasteiger partial charge >= 0.3 is 16.0 Å². The number of likely N-dealkylation sites (tertiary alicyclic amines) is 1. The van der Waals surface area contributed by atoms with E-state index in [4.69, 9.17) is 5.11 Å². The molecule has 5 nitrogen and oxygen atoms in total. The SMILES string of the molecule is CC[N+]1(S(=O)(=O)c2cccs2)CCC(C(=O)O)CC1. The second-order valence-electron chi connectivity index (χ2n) is 4.84. The van der Waals surface area contributed by atoms with E-state index in [0.29, 0.717) is 36.7 Å². The summed E-state index contributed by atoms with van der Waals surface area (Å²) < 4.78 is 25.8. The fraction of sp³-hybridized carbons (Fsp3) is 0.583. The summed E-state index contributed by atoms with van der Waals surface area (Å²) >= 11 is 1.22. The first-order valence-electron chi connectivity index (χ1n) is 6.30. The lowest BCUT2D eigenvalue weighted by atomic mass is 9.97. The van der Waals surface area contributed by atoms with E-state index in [1.54, 1.807) is 17.5 Å². The maximum Gasteiger partial charge on any atom is 0.336 e. The zero-order valence-electron chi connectivity index (χ0n) is 10.8. The van der Waals surface area contributed by atoms with Crippen molar-refractivity contribution in [3.05, 3.63) is 17.5 Å². The van der Waals surface area contributed by atoms with Crippen molar-refractivity contribution >= 4 is 27.3 Å². The van der Waals surface area contributed by atoms with Crippen LogP contribution in [0.1, 0.15) is 19.8 Å². The first-order valence-corrected chi connectivity index (χ1v) is 8.62. The number of sulfonamides is 1. The van der Waals surface area contributed by atoms with Crippen LogP contribution < -0.4 is 0 Å². The normalized spacial score (nSPS) is 28.2. The standard InChI is InChI=1S/C12H17NO4S2/c1-2-13(7-5-10(6-8-13)12(14)15)19(16,17)11-4-3-9-18-11/h3-4,9-10H,2,5-8H2,1H3/p+1. The van der Waals surface area contributed by atoms with Crippen LogP contribution in [0.2, 0.25) is 0 Å². The number of nitrogens with zero attached hydrogens (tertiary/aromatic N) is 1. The van der Waals surface area contributed by atoms with Gasteiger partial charge < -0.3 is 5.11 Å². The summed E-state index contributed by atoms with van der Waals surface area (Å²) in [6, 6.07) is 3.35. The second-order valence-corrected chi connectivity index (χ2v) is 8.21. The molecule has 0 saturated carbocycles. The fourth-order valence-electron chi connectivity index (χ4n) is 2.61. The van der Waals surface area contributed by atoms with Gasteiger partial charge in [-0.25, -0.2) is 3.89 Å². The Morgan fingerprint density at radius 1 is 1.47 bits per heavy atom. The van der Waals surface area contributed by atoms with Crippen LogP contribution in [0.3, 0.4) is 0 Å². The Hall–Kier alpha value is -0.920. The first kappa shape index (κ1) is 14.5. The number of hydrogen-bond donors (Lipinski definition) is 1. The maximum atomic E-state index is 12.7. The molecule has 106 valence electrons. The van der Waals surface area contributed by atoms with Crippen molar-refractivity contribution in [2.24, 2.45) is 5.92 Å². The van der Waals surface area contributed by atoms with Crippen LogP contribution in [0.15, 0.2) is 21.7 Å². The lowest BCUT2D eigenvalue weighted by Gasteiger charge is -2.39. The van der Waals surface area contributed by atoms with E-state index in [9.17, 15) is 13.2 Å². The largest absolute Gasteiger partial charge is 0.481 e. The molecule has 1 aliphatic heterocycles. The molecule has 1 aromatic heterocycles. The maximum absolute atomic E-state index is 12.7. The molecule has 0 unspecified atom stereocenters. The summed E-state index contributed by atoms with van der Waals surface area (Å²) in [4.78, 5) is 11.0. The van der Waals surface area contributed by atoms with Crippen molar-refractivity contribution in [1.82, 2.24) is 0 Å². The molecule has 1 aliphatic rings. The summed E-state index contributed by atoms with van der Waals surface area (Å²) in [7, 11) is -3.42. The average Bonchev–Trinajstić information content (AvgIpc) is 2.93. The van der Waals surface area contributed by atoms with Gasteiger partial charge in [-0.3, -0.25) is 4.79 Å². The lowest BCUT2D eigenvalue weighted by molar-refractivity contribution is -0.811. The van der Waals surface area contributed by atoms with Crippen molar-refractivity contribution in [3.8, 4) is 0 Å². The molecular weight excluding hydrogens is 286 g/mol. The Balaban J connectivity index is 2.28. The fourth-order valence-corrected chi connectivity index (χ4v) is 5.85. The van der Waals surface area contributed by atoms with E-state index < -0.39 is 21.9 Å². The third-order valence-electron chi connectivity index (χ3n) is 3.95. The van der Waals surface area contributed by atoms with Crippen molar-refractivity contribution in [2.45, 2.75) is 24.0 Å². The Morgan fingerprint density at radius 3 is 2.53 bits per heavy atom. The molecule has 0 spiro atoms. The quantitative estimate of drug-likeness (QED) is 0.861. The minimum Gasteiger partial charge on any atom is -0.481 e. The number of quaternary nitrogens is 1. The van der Waals surface area contributed by atoms with Gasteiger partial charge in [0.1, 0.15) is 0 Å². The van der Waals surface area contributed by atoms with E-state index in [0.717, 1.165) is 0 Å². The van der Waals surface area contributed by atoms with Crippen LogP contribution in [-0.2, 0) is 14.8 Å². The van der Waals surface area contributed by atoms with Gasteiger partial charge in [0.2, 0.25) is 0 Å². The number of carboxylic acid groups (broad SMARTS) is 1. The topological polar surface area (TPSA) is 71.4 Å². The third-order valence-corrected chi connectivity index (χ3v) is 7.82. The van der Waals surface area contributed by atoms with Gasteiger partial charge in [-0.2, -0.15) is 8.42 Å². The van der Waals surface area contributed by atoms with Crippen molar-refractivity contribution in [1.29, 1.82) is 0 Å². The minimum atomic E-state index is -3.42. The summed E-state index contributed by atoms with van der Waals surface area (Å²) in [6.07, 6.45) is 0.849. The highest BCUT2D eigenvalue weighted by atomic mass is 32.2. The van der Waals surface area contributed by atoms with Crippen molar-refractivity contribution in [2.75, 3.05) is 19.6 Å². The van der Waals surface area contributed by atoms with Crippen molar-refractivity contribution in [3.63, 3.8) is 0 Å². The minimum absolute atomic E-state index is 0.0166. The average molecular weight is 304 g/mol. The van der Waals surface area contributed by atoms with Crippen molar-refractivity contribution < 1.29 is 22.2 Å². The van der Waals surface area contributed by atoms with Gasteiger partial charge in [0.25, 0.3) is 0 Å². The summed E-state index contributed by atoms with van der Waals surface area (Å²) in [5.74, 6) is -1.22. The first-order chi connectivity index (χ1) is 8.93. The molecule has 0 aromatic carbocycles. The van der Waals surface area contributed by atoms with E-state index in [-0.39, 0.29) is 3.89 Å². The molecule has 1 aromatic rings. The van der Waals surface area contributed by atoms with Gasteiger partial charge in [-0.1, -0.05) is 0 Å². The molecule has 1 fully saturated rings. The molecular formula is C12H18NO4S2+. The molecule has 0 aliphatic carbocycles. The van der Waals surface area contributed by atoms with Crippen LogP contribution in [0.4, 0.5) is 0 Å². The van der Waals surface area contributed by atoms with Gasteiger partial charge in [-0.15, -0.1) is 11.3 Å². The lowest BCUT2D eigenvalue weighted by Crippen LogP contribution is -2.57. The Bertz CT molecular complexity index is 542. The van der Waals surface area contributed by atoms with Crippen LogP contribution >= 0.6 is 11.3 Å². The number of hydrogen-bond acceptors (Lipinski definition) is 4. The zero-order chi connectivity index (χ0) is 14.1. The Morgan fingerprint density at radius 2 is 2.11 bits per heavy atom. The molecule has 19 heavy (non-hydrogen) atoms. The van der Waals surface area contributed by atoms with E-state index in [1.807, 2.05) is 6.92 Å². The second kappa shape index (κ2) is 5.22. The number of carbonyl (C=O) groups is 1. The van der Waals surface area contributed by atoms with Gasteiger partial charge in [-0.05, 0) is 24.4 Å². The Labute approximate surface area is 117 Å². The summed E-state index contributed by atoms with van der Waals surface area (Å²) in [5.41, 5.74) is 0. The highest BCUT2D eigenvalue weighted by molar-refractivity contribution is 7.88. The van der Waals surface area contributed by atoms with E-state index in [1.165, 1.54) is 11.3 Å². The highest BCUT2D eigenvalue weighted by Crippen LogP contribution is 2.33. The van der Waals surface area contributed by atoms with Gasteiger partial charge in [0.05, 0.1) is 25.6 Å². The Kier molecular flexibility index (Phi) is 3.98. The molecule has 2 rings (SSSR count). The molecule has 7 heteroatoms. The third kappa shape index (κ3) is 2.42. The monoisotopic (exact) mass is 304 g/mol. The molecule has 0 atom stereocenters. The number of piperidine rings is 1. The molecule has 0 radical (unpaired) electrons. The van der Waals surface area contributed by atoms with E-state index in [2.05, 4.69) is 0 Å². The predicted molar refractivity (Wildman–Crippen MR) is 72.4 cm³/mol. The number of thiophene rings is 1. The smallest absolute Gasteiger partial charge is 0.336 e. The van der Waals surface area contributed by atoms with Crippen LogP contribution in [0.25, 0.3) is 0 Å². The summed E-state index contributed by atoms with van der Waals surface area (Å²) in [6.45, 7) is 3.10. The number of rotatable bonds is 4. The predicted octanol–water partition coefficient (Wildman–Crippen LogP) is 1.77. The molecule has 0 bridgehead atoms. The van der Waals surface area contributed by atoms with Gasteiger partial charge in [0, 0.05) is 12.8 Å². The highest BCUT2D eigenvalue weighted by Gasteiger charge is 2.46.